The molecule has 1 fully saturated rings. The first-order valence-electron chi connectivity index (χ1n) is 7.64. The van der Waals surface area contributed by atoms with Crippen LogP contribution >= 0.6 is 0 Å². The maximum atomic E-state index is 12.5. The van der Waals surface area contributed by atoms with Gasteiger partial charge in [0.2, 0.25) is 10.0 Å². The van der Waals surface area contributed by atoms with Gasteiger partial charge in [0, 0.05) is 32.3 Å². The molecule has 0 unspecified atom stereocenters. The molecule has 0 spiro atoms. The van der Waals surface area contributed by atoms with Gasteiger partial charge in [-0.3, -0.25) is 4.79 Å². The highest BCUT2D eigenvalue weighted by Crippen LogP contribution is 2.18. The minimum atomic E-state index is -3.60. The third kappa shape index (κ3) is 3.69. The molecule has 130 valence electrons. The lowest BCUT2D eigenvalue weighted by atomic mass is 10.3. The van der Waals surface area contributed by atoms with Crippen LogP contribution in [0.1, 0.15) is 16.2 Å². The molecule has 2 N–H and O–H groups in total. The normalized spacial score (nSPS) is 16.2. The Morgan fingerprint density at radius 2 is 2.12 bits per heavy atom. The molecule has 24 heavy (non-hydrogen) atoms. The van der Waals surface area contributed by atoms with E-state index < -0.39 is 10.0 Å². The second kappa shape index (κ2) is 7.20. The third-order valence-electron chi connectivity index (χ3n) is 3.75. The van der Waals surface area contributed by atoms with Crippen molar-refractivity contribution < 1.29 is 22.4 Å². The van der Waals surface area contributed by atoms with E-state index in [1.807, 2.05) is 6.07 Å². The van der Waals surface area contributed by atoms with Gasteiger partial charge >= 0.3 is 0 Å². The summed E-state index contributed by atoms with van der Waals surface area (Å²) in [6.45, 7) is 1.79. The van der Waals surface area contributed by atoms with Crippen LogP contribution < -0.4 is 5.32 Å². The van der Waals surface area contributed by atoms with Crippen molar-refractivity contribution >= 4 is 15.9 Å². The smallest absolute Gasteiger partial charge is 0.267 e. The van der Waals surface area contributed by atoms with Crippen molar-refractivity contribution in [2.45, 2.75) is 11.3 Å². The Morgan fingerprint density at radius 3 is 2.83 bits per heavy atom. The number of amides is 1. The van der Waals surface area contributed by atoms with E-state index in [9.17, 15) is 13.2 Å². The number of furan rings is 1. The Bertz CT molecular complexity index is 776. The Balaban J connectivity index is 1.60. The lowest BCUT2D eigenvalue weighted by molar-refractivity contribution is 0.0730. The molecule has 1 saturated heterocycles. The molecule has 9 heteroatoms. The van der Waals surface area contributed by atoms with Gasteiger partial charge in [0.25, 0.3) is 5.91 Å². The molecule has 3 rings (SSSR count). The predicted molar refractivity (Wildman–Crippen MR) is 85.1 cm³/mol. The standard InChI is InChI=1S/C15H19N3O5S/c19-15(16-4-3-12-2-1-7-23-12)14-10-13(11-17-14)24(20,21)18-5-8-22-9-6-18/h1-2,7,10-11,17H,3-6,8-9H2,(H,16,19). The number of carbonyl (C=O) groups is 1. The second-order valence-electron chi connectivity index (χ2n) is 5.35. The number of rotatable bonds is 6. The van der Waals surface area contributed by atoms with Crippen molar-refractivity contribution in [2.24, 2.45) is 0 Å². The van der Waals surface area contributed by atoms with Crippen LogP contribution in [0.3, 0.4) is 0 Å². The zero-order chi connectivity index (χ0) is 17.0. The average molecular weight is 353 g/mol. The first-order valence-corrected chi connectivity index (χ1v) is 9.08. The van der Waals surface area contributed by atoms with Crippen LogP contribution in [0.4, 0.5) is 0 Å². The number of carbonyl (C=O) groups excluding carboxylic acids is 1. The molecular formula is C15H19N3O5S. The van der Waals surface area contributed by atoms with Gasteiger partial charge in [-0.15, -0.1) is 0 Å². The summed E-state index contributed by atoms with van der Waals surface area (Å²) in [6, 6.07) is 4.96. The molecule has 0 aliphatic carbocycles. The molecule has 2 aromatic heterocycles. The zero-order valence-electron chi connectivity index (χ0n) is 13.0. The molecule has 0 saturated carbocycles. The second-order valence-corrected chi connectivity index (χ2v) is 7.29. The monoisotopic (exact) mass is 353 g/mol. The van der Waals surface area contributed by atoms with Gasteiger partial charge in [0.15, 0.2) is 0 Å². The van der Waals surface area contributed by atoms with E-state index in [1.165, 1.54) is 16.6 Å². The summed E-state index contributed by atoms with van der Waals surface area (Å²) in [6.07, 6.45) is 3.48. The Labute approximate surface area is 139 Å². The van der Waals surface area contributed by atoms with Crippen molar-refractivity contribution in [3.63, 3.8) is 0 Å². The highest BCUT2D eigenvalue weighted by Gasteiger charge is 2.27. The SMILES string of the molecule is O=C(NCCc1ccco1)c1cc(S(=O)(=O)N2CCOCC2)c[nH]1. The van der Waals surface area contributed by atoms with Crippen molar-refractivity contribution in [1.82, 2.24) is 14.6 Å². The van der Waals surface area contributed by atoms with Gasteiger partial charge in [-0.05, 0) is 18.2 Å². The van der Waals surface area contributed by atoms with Crippen LogP contribution in [0.2, 0.25) is 0 Å². The maximum absolute atomic E-state index is 12.5. The molecule has 1 amide bonds. The van der Waals surface area contributed by atoms with Crippen LogP contribution in [-0.4, -0.2) is 56.5 Å². The third-order valence-corrected chi connectivity index (χ3v) is 5.62. The van der Waals surface area contributed by atoms with Crippen molar-refractivity contribution in [1.29, 1.82) is 0 Å². The van der Waals surface area contributed by atoms with Gasteiger partial charge in [0.05, 0.1) is 19.5 Å². The topological polar surface area (TPSA) is 105 Å². The summed E-state index contributed by atoms with van der Waals surface area (Å²) in [5.41, 5.74) is 0.210. The van der Waals surface area contributed by atoms with E-state index in [-0.39, 0.29) is 16.5 Å². The van der Waals surface area contributed by atoms with Crippen molar-refractivity contribution in [3.05, 3.63) is 42.1 Å². The largest absolute Gasteiger partial charge is 0.469 e. The minimum Gasteiger partial charge on any atom is -0.469 e. The summed E-state index contributed by atoms with van der Waals surface area (Å²) < 4.78 is 36.7. The fourth-order valence-corrected chi connectivity index (χ4v) is 3.84. The predicted octanol–water partition coefficient (Wildman–Crippen LogP) is 0.601. The highest BCUT2D eigenvalue weighted by atomic mass is 32.2. The number of H-pyrrole nitrogens is 1. The number of hydrogen-bond donors (Lipinski definition) is 2. The fourth-order valence-electron chi connectivity index (χ4n) is 2.44. The van der Waals surface area contributed by atoms with Gasteiger partial charge in [-0.25, -0.2) is 8.42 Å². The fraction of sp³-hybridized carbons (Fsp3) is 0.400. The molecule has 0 bridgehead atoms. The molecule has 1 aliphatic rings. The Morgan fingerprint density at radius 1 is 1.33 bits per heavy atom. The van der Waals surface area contributed by atoms with Crippen LogP contribution in [0.5, 0.6) is 0 Å². The summed E-state index contributed by atoms with van der Waals surface area (Å²) >= 11 is 0. The van der Waals surface area contributed by atoms with Crippen LogP contribution in [0.15, 0.2) is 40.0 Å². The van der Waals surface area contributed by atoms with E-state index in [0.717, 1.165) is 5.76 Å². The first kappa shape index (κ1) is 16.7. The average Bonchev–Trinajstić information content (AvgIpc) is 3.27. The molecule has 8 nitrogen and oxygen atoms in total. The Hall–Kier alpha value is -2.10. The number of nitrogens with zero attached hydrogens (tertiary/aromatic N) is 1. The van der Waals surface area contributed by atoms with Gasteiger partial charge < -0.3 is 19.5 Å². The molecule has 0 atom stereocenters. The van der Waals surface area contributed by atoms with Crippen LogP contribution in [-0.2, 0) is 21.2 Å². The number of aromatic amines is 1. The zero-order valence-corrected chi connectivity index (χ0v) is 13.8. The molecule has 0 aromatic carbocycles. The van der Waals surface area contributed by atoms with Crippen molar-refractivity contribution in [3.8, 4) is 0 Å². The van der Waals surface area contributed by atoms with E-state index in [1.54, 1.807) is 12.3 Å². The number of ether oxygens (including phenoxy) is 1. The number of morpholine rings is 1. The quantitative estimate of drug-likeness (QED) is 0.791. The van der Waals surface area contributed by atoms with E-state index in [2.05, 4.69) is 10.3 Å². The molecule has 2 aromatic rings. The lowest BCUT2D eigenvalue weighted by Gasteiger charge is -2.25. The number of sulfonamides is 1. The van der Waals surface area contributed by atoms with Crippen LogP contribution in [0.25, 0.3) is 0 Å². The Kier molecular flexibility index (Phi) is 5.03. The van der Waals surface area contributed by atoms with Gasteiger partial charge in [-0.2, -0.15) is 4.31 Å². The van der Waals surface area contributed by atoms with Gasteiger partial charge in [0.1, 0.15) is 16.3 Å². The van der Waals surface area contributed by atoms with E-state index >= 15 is 0 Å². The molecule has 1 aliphatic heterocycles. The molecular weight excluding hydrogens is 334 g/mol. The summed E-state index contributed by atoms with van der Waals surface area (Å²) in [5, 5.41) is 2.72. The number of aromatic nitrogens is 1. The maximum Gasteiger partial charge on any atom is 0.267 e. The van der Waals surface area contributed by atoms with Crippen LogP contribution in [0, 0.1) is 0 Å². The van der Waals surface area contributed by atoms with E-state index in [4.69, 9.17) is 9.15 Å². The molecule has 0 radical (unpaired) electrons. The number of hydrogen-bond acceptors (Lipinski definition) is 5. The minimum absolute atomic E-state index is 0.0839. The summed E-state index contributed by atoms with van der Waals surface area (Å²) in [7, 11) is -3.60. The summed E-state index contributed by atoms with van der Waals surface area (Å²) in [4.78, 5) is 14.9. The summed E-state index contributed by atoms with van der Waals surface area (Å²) in [5.74, 6) is 0.419. The molecule has 3 heterocycles. The first-order chi connectivity index (χ1) is 11.6. The van der Waals surface area contributed by atoms with E-state index in [0.29, 0.717) is 39.3 Å². The lowest BCUT2D eigenvalue weighted by Crippen LogP contribution is -2.40. The number of nitrogens with one attached hydrogen (secondary N) is 2. The highest BCUT2D eigenvalue weighted by molar-refractivity contribution is 7.89. The van der Waals surface area contributed by atoms with Crippen molar-refractivity contribution in [2.75, 3.05) is 32.8 Å². The van der Waals surface area contributed by atoms with Gasteiger partial charge in [-0.1, -0.05) is 0 Å².